The fourth-order valence-electron chi connectivity index (χ4n) is 9.15. The molecule has 6 rings (SSSR count). The lowest BCUT2D eigenvalue weighted by Crippen LogP contribution is -2.54. The van der Waals surface area contributed by atoms with Crippen molar-refractivity contribution in [3.05, 3.63) is 22.9 Å². The van der Waals surface area contributed by atoms with E-state index in [1.807, 2.05) is 22.7 Å². The fraction of sp³-hybridized carbons (Fsp3) is 0.529. The largest absolute Gasteiger partial charge is 0.142 e. The van der Waals surface area contributed by atoms with E-state index in [9.17, 15) is 0 Å². The van der Waals surface area contributed by atoms with Gasteiger partial charge in [0.25, 0.3) is 0 Å². The van der Waals surface area contributed by atoms with Crippen molar-refractivity contribution in [2.24, 2.45) is 0 Å². The van der Waals surface area contributed by atoms with Crippen LogP contribution in [0.2, 0.25) is 33.2 Å². The zero-order chi connectivity index (χ0) is 30.5. The highest BCUT2D eigenvalue weighted by Crippen LogP contribution is 2.53. The van der Waals surface area contributed by atoms with Crippen LogP contribution in [-0.2, 0) is 0 Å². The Labute approximate surface area is 278 Å². The molecule has 0 aliphatic carbocycles. The molecule has 0 bridgehead atoms. The number of rotatable bonds is 9. The quantitative estimate of drug-likeness (QED) is 0.132. The molecule has 6 heterocycles. The third-order valence-electron chi connectivity index (χ3n) is 10.6. The number of thiophene rings is 6. The second-order valence-electron chi connectivity index (χ2n) is 14.2. The SMILES string of the molecule is CC(C)[Si](c1cc2sc3c(-c4csc5c4sc4cc([Si](C(C)C)(C(C)C)C(C)C)sc45)csc3c2s1)(C(C)C)C(C)C. The van der Waals surface area contributed by atoms with Crippen molar-refractivity contribution in [1.82, 2.24) is 0 Å². The summed E-state index contributed by atoms with van der Waals surface area (Å²) in [6.07, 6.45) is 0. The van der Waals surface area contributed by atoms with Gasteiger partial charge < -0.3 is 0 Å². The Kier molecular flexibility index (Phi) is 8.42. The second kappa shape index (κ2) is 11.2. The van der Waals surface area contributed by atoms with E-state index in [1.165, 1.54) is 39.3 Å². The van der Waals surface area contributed by atoms with Crippen LogP contribution in [0.5, 0.6) is 0 Å². The molecule has 6 aromatic heterocycles. The first-order chi connectivity index (χ1) is 19.8. The molecule has 0 aromatic carbocycles. The van der Waals surface area contributed by atoms with Gasteiger partial charge in [-0.1, -0.05) is 83.1 Å². The fourth-order valence-corrected chi connectivity index (χ4v) is 35.4. The molecule has 0 N–H and O–H groups in total. The summed E-state index contributed by atoms with van der Waals surface area (Å²) in [6, 6.07) is 5.27. The average Bonchev–Trinajstić information content (AvgIpc) is 3.67. The molecule has 0 unspecified atom stereocenters. The summed E-state index contributed by atoms with van der Waals surface area (Å²) >= 11 is 12.4. The highest BCUT2D eigenvalue weighted by atomic mass is 32.1. The standard InChI is InChI=1S/C34H46S6Si2/c1-17(2)41(18(3)4,19(5)6)27-13-25-31(39-27)33-29(37-25)23(15-35-33)24-16-36-34-30(24)38-26-14-28(40-32(26)34)42(20(7)8,21(9)10)22(11)12/h13-22H,1-12H3. The second-order valence-corrected chi connectivity index (χ2v) is 32.7. The Morgan fingerprint density at radius 3 is 1.00 bits per heavy atom. The van der Waals surface area contributed by atoms with Crippen molar-refractivity contribution in [3.8, 4) is 11.1 Å². The third-order valence-corrected chi connectivity index (χ3v) is 33.8. The summed E-state index contributed by atoms with van der Waals surface area (Å²) < 4.78 is 15.7. The predicted octanol–water partition coefficient (Wildman–Crippen LogP) is 14.1. The molecule has 8 heteroatoms. The number of hydrogen-bond donors (Lipinski definition) is 0. The minimum Gasteiger partial charge on any atom is -0.142 e. The zero-order valence-corrected chi connectivity index (χ0v) is 34.1. The molecule has 0 spiro atoms. The maximum atomic E-state index is 2.63. The molecule has 0 saturated carbocycles. The van der Waals surface area contributed by atoms with Gasteiger partial charge in [0.05, 0.1) is 28.2 Å². The van der Waals surface area contributed by atoms with Gasteiger partial charge in [0.1, 0.15) is 16.1 Å². The Morgan fingerprint density at radius 2 is 0.714 bits per heavy atom. The molecule has 226 valence electrons. The van der Waals surface area contributed by atoms with Crippen molar-refractivity contribution in [1.29, 1.82) is 0 Å². The first kappa shape index (κ1) is 31.6. The van der Waals surface area contributed by atoms with Gasteiger partial charge in [-0.3, -0.25) is 0 Å². The highest BCUT2D eigenvalue weighted by molar-refractivity contribution is 7.44. The van der Waals surface area contributed by atoms with Gasteiger partial charge in [-0.2, -0.15) is 0 Å². The summed E-state index contributed by atoms with van der Waals surface area (Å²) in [5.41, 5.74) is 7.45. The Hall–Kier alpha value is -0.326. The molecule has 0 atom stereocenters. The molecule has 0 aliphatic rings. The number of hydrogen-bond acceptors (Lipinski definition) is 6. The van der Waals surface area contributed by atoms with Gasteiger partial charge in [-0.25, -0.2) is 0 Å². The molecule has 0 fully saturated rings. The van der Waals surface area contributed by atoms with Gasteiger partial charge in [-0.05, 0) is 54.4 Å². The summed E-state index contributed by atoms with van der Waals surface area (Å²) in [4.78, 5) is 0. The van der Waals surface area contributed by atoms with Gasteiger partial charge >= 0.3 is 0 Å². The normalized spacial score (nSPS) is 14.0. The molecule has 0 nitrogen and oxygen atoms in total. The summed E-state index contributed by atoms with van der Waals surface area (Å²) in [6.45, 7) is 29.9. The van der Waals surface area contributed by atoms with E-state index in [-0.39, 0.29) is 0 Å². The van der Waals surface area contributed by atoms with E-state index in [0.29, 0.717) is 0 Å². The van der Waals surface area contributed by atoms with Gasteiger partial charge in [0.2, 0.25) is 0 Å². The van der Waals surface area contributed by atoms with Crippen LogP contribution >= 0.6 is 68.0 Å². The van der Waals surface area contributed by atoms with Crippen LogP contribution in [0.3, 0.4) is 0 Å². The maximum Gasteiger partial charge on any atom is 0.107 e. The van der Waals surface area contributed by atoms with Crippen molar-refractivity contribution in [2.75, 3.05) is 0 Å². The van der Waals surface area contributed by atoms with Crippen LogP contribution in [0.25, 0.3) is 48.7 Å². The molecule has 42 heavy (non-hydrogen) atoms. The summed E-state index contributed by atoms with van der Waals surface area (Å²) in [5.74, 6) is 0. The number of fused-ring (bicyclic) bond motifs is 6. The van der Waals surface area contributed by atoms with Crippen LogP contribution < -0.4 is 9.00 Å². The average molecular weight is 703 g/mol. The topological polar surface area (TPSA) is 0 Å². The molecule has 0 aliphatic heterocycles. The summed E-state index contributed by atoms with van der Waals surface area (Å²) in [7, 11) is -3.27. The van der Waals surface area contributed by atoms with Crippen LogP contribution in [0, 0.1) is 0 Å². The first-order valence-corrected chi connectivity index (χ1v) is 25.1. The molecule has 0 saturated heterocycles. The molecule has 0 amide bonds. The van der Waals surface area contributed by atoms with E-state index in [2.05, 4.69) is 151 Å². The lowest BCUT2D eigenvalue weighted by molar-refractivity contribution is 0.837. The van der Waals surface area contributed by atoms with Crippen LogP contribution in [0.15, 0.2) is 22.9 Å². The van der Waals surface area contributed by atoms with Gasteiger partial charge in [-0.15, -0.1) is 68.0 Å². The summed E-state index contributed by atoms with van der Waals surface area (Å²) in [5, 5.41) is 4.93. The smallest absolute Gasteiger partial charge is 0.107 e. The van der Waals surface area contributed by atoms with E-state index in [0.717, 1.165) is 33.2 Å². The Balaban J connectivity index is 1.46. The van der Waals surface area contributed by atoms with Crippen LogP contribution in [0.4, 0.5) is 0 Å². The molecule has 0 radical (unpaired) electrons. The predicted molar refractivity (Wildman–Crippen MR) is 211 cm³/mol. The molecule has 6 aromatic rings. The van der Waals surface area contributed by atoms with Crippen molar-refractivity contribution >= 4 is 131 Å². The molecular weight excluding hydrogens is 657 g/mol. The third kappa shape index (κ3) is 4.29. The van der Waals surface area contributed by atoms with Crippen LogP contribution in [0.1, 0.15) is 83.1 Å². The Morgan fingerprint density at radius 1 is 0.405 bits per heavy atom. The van der Waals surface area contributed by atoms with E-state index >= 15 is 0 Å². The van der Waals surface area contributed by atoms with Gasteiger partial charge in [0, 0.05) is 31.3 Å². The lowest BCUT2D eigenvalue weighted by atomic mass is 10.2. The van der Waals surface area contributed by atoms with E-state index in [1.54, 1.807) is 18.4 Å². The lowest BCUT2D eigenvalue weighted by Gasteiger charge is -2.42. The zero-order valence-electron chi connectivity index (χ0n) is 27.2. The monoisotopic (exact) mass is 702 g/mol. The van der Waals surface area contributed by atoms with Crippen LogP contribution in [-0.4, -0.2) is 16.1 Å². The van der Waals surface area contributed by atoms with E-state index < -0.39 is 16.1 Å². The van der Waals surface area contributed by atoms with Crippen molar-refractivity contribution in [2.45, 2.75) is 116 Å². The maximum absolute atomic E-state index is 2.63. The van der Waals surface area contributed by atoms with E-state index in [4.69, 9.17) is 0 Å². The minimum atomic E-state index is -1.63. The van der Waals surface area contributed by atoms with Crippen molar-refractivity contribution < 1.29 is 0 Å². The van der Waals surface area contributed by atoms with Gasteiger partial charge in [0.15, 0.2) is 0 Å². The minimum absolute atomic E-state index is 0.751. The highest BCUT2D eigenvalue weighted by Gasteiger charge is 2.47. The molecular formula is C34H46S6Si2. The Bertz CT molecular complexity index is 1700. The first-order valence-electron chi connectivity index (χ1n) is 15.7. The van der Waals surface area contributed by atoms with Crippen molar-refractivity contribution in [3.63, 3.8) is 0 Å².